The molecule has 0 aliphatic carbocycles. The number of amides is 1. The first-order valence-corrected chi connectivity index (χ1v) is 7.81. The summed E-state index contributed by atoms with van der Waals surface area (Å²) in [4.78, 5) is 16.1. The summed E-state index contributed by atoms with van der Waals surface area (Å²) in [6.07, 6.45) is 1.61. The summed E-state index contributed by atoms with van der Waals surface area (Å²) in [5.74, 6) is -0.238. The van der Waals surface area contributed by atoms with Crippen LogP contribution < -0.4 is 0 Å². The number of nitrogens with zero attached hydrogens (tertiary/aromatic N) is 4. The van der Waals surface area contributed by atoms with E-state index in [-0.39, 0.29) is 11.7 Å². The first kappa shape index (κ1) is 16.0. The maximum Gasteiger partial charge on any atom is 0.237 e. The van der Waals surface area contributed by atoms with E-state index >= 15 is 0 Å². The SMILES string of the molecule is Cn1ncc(Cl)c1CN1CCN(Cc2cccc(F)c2)C(=O)C1. The average Bonchev–Trinajstić information content (AvgIpc) is 2.82. The molecule has 1 aromatic heterocycles. The van der Waals surface area contributed by atoms with Crippen LogP contribution in [-0.2, 0) is 24.9 Å². The maximum absolute atomic E-state index is 13.2. The molecule has 1 aliphatic heterocycles. The summed E-state index contributed by atoms with van der Waals surface area (Å²) in [5, 5.41) is 4.72. The number of piperazine rings is 1. The van der Waals surface area contributed by atoms with Gasteiger partial charge in [-0.3, -0.25) is 14.4 Å². The standard InChI is InChI=1S/C16H18ClFN4O/c1-20-15(14(17)8-19-20)10-21-5-6-22(16(23)11-21)9-12-3-2-4-13(18)7-12/h2-4,7-8H,5-6,9-11H2,1H3. The molecule has 7 heteroatoms. The lowest BCUT2D eigenvalue weighted by atomic mass is 10.2. The molecule has 122 valence electrons. The van der Waals surface area contributed by atoms with Crippen molar-refractivity contribution < 1.29 is 9.18 Å². The summed E-state index contributed by atoms with van der Waals surface area (Å²) < 4.78 is 15.0. The molecule has 0 radical (unpaired) electrons. The van der Waals surface area contributed by atoms with Crippen molar-refractivity contribution in [1.29, 1.82) is 0 Å². The summed E-state index contributed by atoms with van der Waals surface area (Å²) in [6.45, 7) is 2.73. The lowest BCUT2D eigenvalue weighted by Crippen LogP contribution is -2.49. The molecule has 1 saturated heterocycles. The van der Waals surface area contributed by atoms with Crippen molar-refractivity contribution in [1.82, 2.24) is 19.6 Å². The topological polar surface area (TPSA) is 41.4 Å². The highest BCUT2D eigenvalue weighted by molar-refractivity contribution is 6.31. The Morgan fingerprint density at radius 2 is 2.13 bits per heavy atom. The van der Waals surface area contributed by atoms with Gasteiger partial charge in [0.25, 0.3) is 0 Å². The van der Waals surface area contributed by atoms with Gasteiger partial charge in [-0.25, -0.2) is 4.39 Å². The number of hydrogen-bond donors (Lipinski definition) is 0. The fraction of sp³-hybridized carbons (Fsp3) is 0.375. The number of benzene rings is 1. The molecule has 5 nitrogen and oxygen atoms in total. The molecule has 0 spiro atoms. The minimum absolute atomic E-state index is 0.0406. The van der Waals surface area contributed by atoms with Crippen LogP contribution in [0.5, 0.6) is 0 Å². The molecule has 2 heterocycles. The van der Waals surface area contributed by atoms with Crippen molar-refractivity contribution in [2.24, 2.45) is 7.05 Å². The van der Waals surface area contributed by atoms with Crippen molar-refractivity contribution in [3.05, 3.63) is 52.6 Å². The van der Waals surface area contributed by atoms with Crippen LogP contribution in [0.25, 0.3) is 0 Å². The first-order valence-electron chi connectivity index (χ1n) is 7.44. The third kappa shape index (κ3) is 3.71. The second-order valence-corrected chi connectivity index (χ2v) is 6.13. The summed E-state index contributed by atoms with van der Waals surface area (Å²) >= 11 is 6.11. The number of rotatable bonds is 4. The molecule has 0 atom stereocenters. The highest BCUT2D eigenvalue weighted by Gasteiger charge is 2.25. The Kier molecular flexibility index (Phi) is 4.63. The zero-order valence-corrected chi connectivity index (χ0v) is 13.6. The second kappa shape index (κ2) is 6.68. The predicted octanol–water partition coefficient (Wildman–Crippen LogP) is 2.06. The molecule has 1 aliphatic rings. The van der Waals surface area contributed by atoms with Crippen molar-refractivity contribution in [3.63, 3.8) is 0 Å². The van der Waals surface area contributed by atoms with Gasteiger partial charge in [-0.1, -0.05) is 23.7 Å². The van der Waals surface area contributed by atoms with E-state index < -0.39 is 0 Å². The molecule has 0 N–H and O–H groups in total. The van der Waals surface area contributed by atoms with Crippen LogP contribution in [0.4, 0.5) is 4.39 Å². The number of halogens is 2. The Hall–Kier alpha value is -1.92. The van der Waals surface area contributed by atoms with Gasteiger partial charge in [0.2, 0.25) is 5.91 Å². The Morgan fingerprint density at radius 1 is 1.30 bits per heavy atom. The fourth-order valence-electron chi connectivity index (χ4n) is 2.74. The highest BCUT2D eigenvalue weighted by Crippen LogP contribution is 2.18. The van der Waals surface area contributed by atoms with E-state index in [0.717, 1.165) is 17.8 Å². The third-order valence-corrected chi connectivity index (χ3v) is 4.36. The lowest BCUT2D eigenvalue weighted by molar-refractivity contribution is -0.136. The molecule has 23 heavy (non-hydrogen) atoms. The van der Waals surface area contributed by atoms with Crippen LogP contribution in [-0.4, -0.2) is 45.1 Å². The van der Waals surface area contributed by atoms with E-state index in [1.807, 2.05) is 18.0 Å². The van der Waals surface area contributed by atoms with Gasteiger partial charge < -0.3 is 4.90 Å². The molecule has 1 amide bonds. The molecule has 0 unspecified atom stereocenters. The minimum atomic E-state index is -0.278. The molecule has 1 fully saturated rings. The average molecular weight is 337 g/mol. The van der Waals surface area contributed by atoms with Gasteiger partial charge >= 0.3 is 0 Å². The van der Waals surface area contributed by atoms with E-state index in [4.69, 9.17) is 11.6 Å². The Morgan fingerprint density at radius 3 is 2.78 bits per heavy atom. The van der Waals surface area contributed by atoms with Crippen molar-refractivity contribution in [2.45, 2.75) is 13.1 Å². The minimum Gasteiger partial charge on any atom is -0.336 e. The summed E-state index contributed by atoms with van der Waals surface area (Å²) in [6, 6.07) is 6.36. The zero-order chi connectivity index (χ0) is 16.4. The van der Waals surface area contributed by atoms with Crippen molar-refractivity contribution >= 4 is 17.5 Å². The molecule has 1 aromatic carbocycles. The van der Waals surface area contributed by atoms with E-state index in [9.17, 15) is 9.18 Å². The van der Waals surface area contributed by atoms with Crippen LogP contribution in [0.15, 0.2) is 30.5 Å². The quantitative estimate of drug-likeness (QED) is 0.858. The number of aryl methyl sites for hydroxylation is 1. The van der Waals surface area contributed by atoms with Crippen LogP contribution in [0, 0.1) is 5.82 Å². The number of aromatic nitrogens is 2. The predicted molar refractivity (Wildman–Crippen MR) is 85.3 cm³/mol. The molecule has 0 saturated carbocycles. The highest BCUT2D eigenvalue weighted by atomic mass is 35.5. The monoisotopic (exact) mass is 336 g/mol. The molecular formula is C16H18ClFN4O. The molecule has 0 bridgehead atoms. The lowest BCUT2D eigenvalue weighted by Gasteiger charge is -2.34. The van der Waals surface area contributed by atoms with Gasteiger partial charge in [0.05, 0.1) is 23.5 Å². The normalized spacial score (nSPS) is 16.1. The van der Waals surface area contributed by atoms with Gasteiger partial charge in [0, 0.05) is 33.2 Å². The van der Waals surface area contributed by atoms with E-state index in [2.05, 4.69) is 5.10 Å². The third-order valence-electron chi connectivity index (χ3n) is 4.04. The van der Waals surface area contributed by atoms with Crippen LogP contribution in [0.2, 0.25) is 5.02 Å². The molecule has 3 rings (SSSR count). The van der Waals surface area contributed by atoms with E-state index in [0.29, 0.717) is 31.2 Å². The first-order chi connectivity index (χ1) is 11.0. The van der Waals surface area contributed by atoms with Gasteiger partial charge in [-0.2, -0.15) is 5.10 Å². The number of carbonyl (C=O) groups excluding carboxylic acids is 1. The maximum atomic E-state index is 13.2. The smallest absolute Gasteiger partial charge is 0.237 e. The second-order valence-electron chi connectivity index (χ2n) is 5.72. The Balaban J connectivity index is 1.60. The summed E-state index contributed by atoms with van der Waals surface area (Å²) in [5.41, 5.74) is 1.71. The van der Waals surface area contributed by atoms with Gasteiger partial charge in [0.1, 0.15) is 5.82 Å². The molecular weight excluding hydrogens is 319 g/mol. The van der Waals surface area contributed by atoms with E-state index in [1.165, 1.54) is 12.1 Å². The summed E-state index contributed by atoms with van der Waals surface area (Å²) in [7, 11) is 1.84. The van der Waals surface area contributed by atoms with Gasteiger partial charge in [-0.15, -0.1) is 0 Å². The van der Waals surface area contributed by atoms with Crippen LogP contribution >= 0.6 is 11.6 Å². The van der Waals surface area contributed by atoms with Gasteiger partial charge in [0.15, 0.2) is 0 Å². The van der Waals surface area contributed by atoms with Crippen molar-refractivity contribution in [3.8, 4) is 0 Å². The fourth-order valence-corrected chi connectivity index (χ4v) is 2.97. The molecule has 2 aromatic rings. The van der Waals surface area contributed by atoms with Gasteiger partial charge in [-0.05, 0) is 17.7 Å². The Labute approximate surface area is 139 Å². The van der Waals surface area contributed by atoms with Crippen LogP contribution in [0.3, 0.4) is 0 Å². The van der Waals surface area contributed by atoms with Crippen LogP contribution in [0.1, 0.15) is 11.3 Å². The Bertz CT molecular complexity index is 698. The number of carbonyl (C=O) groups is 1. The zero-order valence-electron chi connectivity index (χ0n) is 12.9. The number of hydrogen-bond acceptors (Lipinski definition) is 3. The van der Waals surface area contributed by atoms with E-state index in [1.54, 1.807) is 21.8 Å². The largest absolute Gasteiger partial charge is 0.336 e. The van der Waals surface area contributed by atoms with Crippen molar-refractivity contribution in [2.75, 3.05) is 19.6 Å².